The summed E-state index contributed by atoms with van der Waals surface area (Å²) in [6.45, 7) is 0.136. The molecule has 22 heavy (non-hydrogen) atoms. The van der Waals surface area contributed by atoms with Crippen LogP contribution in [0.2, 0.25) is 0 Å². The van der Waals surface area contributed by atoms with Gasteiger partial charge in [0, 0.05) is 12.6 Å². The van der Waals surface area contributed by atoms with Crippen LogP contribution in [0.15, 0.2) is 39.9 Å². The van der Waals surface area contributed by atoms with Crippen LogP contribution in [-0.4, -0.2) is 38.6 Å². The zero-order valence-electron chi connectivity index (χ0n) is 11.8. The van der Waals surface area contributed by atoms with Crippen LogP contribution in [-0.2, 0) is 11.3 Å². The normalized spacial score (nSPS) is 24.5. The Hall–Kier alpha value is -2.16. The molecule has 8 nitrogen and oxygen atoms in total. The van der Waals surface area contributed by atoms with Gasteiger partial charge < -0.3 is 24.7 Å². The maximum Gasteiger partial charge on any atom is 0.351 e. The molecule has 3 atom stereocenters. The van der Waals surface area contributed by atoms with Crippen molar-refractivity contribution in [2.24, 2.45) is 0 Å². The molecule has 2 aromatic heterocycles. The van der Waals surface area contributed by atoms with Gasteiger partial charge in [-0.3, -0.25) is 4.57 Å². The van der Waals surface area contributed by atoms with Crippen LogP contribution in [0.25, 0.3) is 0 Å². The number of nitrogens with one attached hydrogen (secondary N) is 1. The largest absolute Gasteiger partial charge is 0.467 e. The Bertz CT molecular complexity index is 669. The van der Waals surface area contributed by atoms with Gasteiger partial charge in [-0.1, -0.05) is 0 Å². The summed E-state index contributed by atoms with van der Waals surface area (Å²) in [4.78, 5) is 16.0. The molecule has 3 heterocycles. The summed E-state index contributed by atoms with van der Waals surface area (Å²) in [6.07, 6.45) is 1.28. The Labute approximate surface area is 126 Å². The van der Waals surface area contributed by atoms with Crippen LogP contribution in [0.5, 0.6) is 0 Å². The van der Waals surface area contributed by atoms with Gasteiger partial charge in [-0.05, 0) is 18.2 Å². The summed E-state index contributed by atoms with van der Waals surface area (Å²) in [7, 11) is 0. The maximum absolute atomic E-state index is 12.1. The molecule has 0 amide bonds. The van der Waals surface area contributed by atoms with Gasteiger partial charge >= 0.3 is 5.69 Å². The molecule has 3 N–H and O–H groups in total. The van der Waals surface area contributed by atoms with E-state index in [1.165, 1.54) is 4.57 Å². The number of ether oxygens (including phenoxy) is 1. The summed E-state index contributed by atoms with van der Waals surface area (Å²) >= 11 is 0. The maximum atomic E-state index is 12.1. The third-order valence-corrected chi connectivity index (χ3v) is 3.55. The predicted molar refractivity (Wildman–Crippen MR) is 76.2 cm³/mol. The van der Waals surface area contributed by atoms with Gasteiger partial charge in [-0.2, -0.15) is 4.98 Å². The lowest BCUT2D eigenvalue weighted by molar-refractivity contribution is -0.0458. The molecule has 1 saturated heterocycles. The van der Waals surface area contributed by atoms with Crippen molar-refractivity contribution < 1.29 is 19.4 Å². The van der Waals surface area contributed by atoms with Crippen molar-refractivity contribution in [2.45, 2.75) is 31.4 Å². The quantitative estimate of drug-likeness (QED) is 0.718. The number of aromatic nitrogens is 2. The van der Waals surface area contributed by atoms with Gasteiger partial charge in [0.05, 0.1) is 25.5 Å². The van der Waals surface area contributed by atoms with Gasteiger partial charge in [0.2, 0.25) is 0 Å². The first-order valence-electron chi connectivity index (χ1n) is 6.97. The molecule has 0 radical (unpaired) electrons. The summed E-state index contributed by atoms with van der Waals surface area (Å²) in [6, 6.07) is 5.24. The number of aliphatic hydroxyl groups excluding tert-OH is 2. The van der Waals surface area contributed by atoms with E-state index in [1.807, 2.05) is 6.07 Å². The zero-order valence-corrected chi connectivity index (χ0v) is 11.8. The van der Waals surface area contributed by atoms with Crippen LogP contribution in [0.4, 0.5) is 5.82 Å². The highest BCUT2D eigenvalue weighted by atomic mass is 16.5. The Balaban J connectivity index is 1.69. The van der Waals surface area contributed by atoms with E-state index in [1.54, 1.807) is 24.6 Å². The average molecular weight is 307 g/mol. The van der Waals surface area contributed by atoms with Crippen molar-refractivity contribution in [3.05, 3.63) is 46.9 Å². The smallest absolute Gasteiger partial charge is 0.351 e. The van der Waals surface area contributed by atoms with E-state index in [2.05, 4.69) is 10.3 Å². The monoisotopic (exact) mass is 307 g/mol. The van der Waals surface area contributed by atoms with Crippen LogP contribution in [0.3, 0.4) is 0 Å². The Morgan fingerprint density at radius 1 is 1.45 bits per heavy atom. The van der Waals surface area contributed by atoms with Crippen molar-refractivity contribution in [1.82, 2.24) is 9.55 Å². The highest BCUT2D eigenvalue weighted by Crippen LogP contribution is 2.27. The third kappa shape index (κ3) is 3.03. The number of hydrogen-bond acceptors (Lipinski definition) is 7. The highest BCUT2D eigenvalue weighted by Gasteiger charge is 2.34. The summed E-state index contributed by atoms with van der Waals surface area (Å²) in [5, 5.41) is 21.8. The van der Waals surface area contributed by atoms with E-state index < -0.39 is 24.1 Å². The van der Waals surface area contributed by atoms with Gasteiger partial charge in [-0.25, -0.2) is 4.79 Å². The fourth-order valence-electron chi connectivity index (χ4n) is 2.37. The summed E-state index contributed by atoms with van der Waals surface area (Å²) < 4.78 is 11.9. The number of aliphatic hydroxyl groups is 2. The Morgan fingerprint density at radius 2 is 2.32 bits per heavy atom. The molecule has 118 valence electrons. The second kappa shape index (κ2) is 6.30. The Kier molecular flexibility index (Phi) is 4.23. The Morgan fingerprint density at radius 3 is 2.95 bits per heavy atom. The van der Waals surface area contributed by atoms with E-state index in [0.717, 1.165) is 5.76 Å². The topological polar surface area (TPSA) is 110 Å². The first-order chi connectivity index (χ1) is 10.7. The number of furan rings is 1. The van der Waals surface area contributed by atoms with Crippen LogP contribution >= 0.6 is 0 Å². The van der Waals surface area contributed by atoms with Crippen LogP contribution < -0.4 is 11.0 Å². The van der Waals surface area contributed by atoms with Gasteiger partial charge in [-0.15, -0.1) is 0 Å². The third-order valence-electron chi connectivity index (χ3n) is 3.55. The lowest BCUT2D eigenvalue weighted by atomic mass is 10.2. The van der Waals surface area contributed by atoms with Crippen molar-refractivity contribution in [3.63, 3.8) is 0 Å². The number of anilines is 1. The van der Waals surface area contributed by atoms with Gasteiger partial charge in [0.1, 0.15) is 23.9 Å². The SMILES string of the molecule is O=c1nc(NCc2ccco2)ccn1[C@H]1C[C@@H](O)[C@@H](CO)O1. The molecule has 1 aliphatic heterocycles. The first-order valence-corrected chi connectivity index (χ1v) is 6.97. The van der Waals surface area contributed by atoms with E-state index in [-0.39, 0.29) is 13.0 Å². The van der Waals surface area contributed by atoms with Crippen molar-refractivity contribution in [3.8, 4) is 0 Å². The minimum absolute atomic E-state index is 0.242. The second-order valence-electron chi connectivity index (χ2n) is 5.05. The molecule has 0 aromatic carbocycles. The average Bonchev–Trinajstić information content (AvgIpc) is 3.14. The molecule has 1 aliphatic rings. The molecule has 0 unspecified atom stereocenters. The van der Waals surface area contributed by atoms with E-state index in [4.69, 9.17) is 14.3 Å². The van der Waals surface area contributed by atoms with Crippen molar-refractivity contribution >= 4 is 5.82 Å². The first kappa shape index (κ1) is 14.8. The second-order valence-corrected chi connectivity index (χ2v) is 5.05. The van der Waals surface area contributed by atoms with Crippen LogP contribution in [0, 0.1) is 0 Å². The molecular weight excluding hydrogens is 290 g/mol. The lowest BCUT2D eigenvalue weighted by Crippen LogP contribution is -2.28. The van der Waals surface area contributed by atoms with Crippen molar-refractivity contribution in [2.75, 3.05) is 11.9 Å². The van der Waals surface area contributed by atoms with E-state index in [0.29, 0.717) is 12.4 Å². The summed E-state index contributed by atoms with van der Waals surface area (Å²) in [5.41, 5.74) is -0.486. The molecule has 0 aliphatic carbocycles. The molecule has 0 spiro atoms. The predicted octanol–water partition coefficient (Wildman–Crippen LogP) is 0.0891. The molecular formula is C14H17N3O5. The van der Waals surface area contributed by atoms with Crippen molar-refractivity contribution in [1.29, 1.82) is 0 Å². The molecule has 8 heteroatoms. The molecule has 0 bridgehead atoms. The highest BCUT2D eigenvalue weighted by molar-refractivity contribution is 5.32. The van der Waals surface area contributed by atoms with Gasteiger partial charge in [0.25, 0.3) is 0 Å². The minimum Gasteiger partial charge on any atom is -0.467 e. The van der Waals surface area contributed by atoms with Gasteiger partial charge in [0.15, 0.2) is 0 Å². The fourth-order valence-corrected chi connectivity index (χ4v) is 2.37. The van der Waals surface area contributed by atoms with E-state index in [9.17, 15) is 9.90 Å². The number of rotatable bonds is 5. The lowest BCUT2D eigenvalue weighted by Gasteiger charge is -2.14. The number of hydrogen-bond donors (Lipinski definition) is 3. The number of nitrogens with zero attached hydrogens (tertiary/aromatic N) is 2. The fraction of sp³-hybridized carbons (Fsp3) is 0.429. The minimum atomic E-state index is -0.793. The summed E-state index contributed by atoms with van der Waals surface area (Å²) in [5.74, 6) is 1.16. The standard InChI is InChI=1S/C14H17N3O5/c18-8-11-10(19)6-13(22-11)17-4-3-12(16-14(17)20)15-7-9-2-1-5-21-9/h1-5,10-11,13,18-19H,6-8H2,(H,15,16,20)/t10-,11-,13-/m1/s1. The van der Waals surface area contributed by atoms with Crippen LogP contribution in [0.1, 0.15) is 18.4 Å². The molecule has 2 aromatic rings. The molecule has 1 fully saturated rings. The molecule has 0 saturated carbocycles. The zero-order chi connectivity index (χ0) is 15.5. The molecule has 3 rings (SSSR count). The van der Waals surface area contributed by atoms with E-state index >= 15 is 0 Å².